The van der Waals surface area contributed by atoms with Crippen molar-refractivity contribution in [3.63, 3.8) is 0 Å². The number of benzene rings is 1. The van der Waals surface area contributed by atoms with Gasteiger partial charge in [0.25, 0.3) is 0 Å². The Morgan fingerprint density at radius 2 is 1.83 bits per heavy atom. The number of amides is 2. The van der Waals surface area contributed by atoms with Gasteiger partial charge in [-0.25, -0.2) is 4.79 Å². The molecule has 0 radical (unpaired) electrons. The normalized spacial score (nSPS) is 10.6. The Morgan fingerprint density at radius 3 is 2.33 bits per heavy atom. The van der Waals surface area contributed by atoms with Gasteiger partial charge < -0.3 is 15.0 Å². The minimum atomic E-state index is -0.0896. The van der Waals surface area contributed by atoms with E-state index in [1.54, 1.807) is 18.1 Å². The number of urea groups is 1. The van der Waals surface area contributed by atoms with Gasteiger partial charge in [-0.15, -0.1) is 0 Å². The molecular formula is C14H22N2O2. The van der Waals surface area contributed by atoms with Crippen LogP contribution in [-0.4, -0.2) is 30.1 Å². The maximum Gasteiger partial charge on any atom is 0.322 e. The number of ether oxygens (including phenoxy) is 1. The quantitative estimate of drug-likeness (QED) is 0.890. The summed E-state index contributed by atoms with van der Waals surface area (Å²) in [6, 6.07) is 7.58. The Bertz CT molecular complexity index is 395. The second-order valence-corrected chi connectivity index (χ2v) is 4.76. The number of carbonyl (C=O) groups excluding carboxylic acids is 1. The predicted octanol–water partition coefficient (Wildman–Crippen LogP) is 3.35. The maximum absolute atomic E-state index is 12.2. The SMILES string of the molecule is COc1cccc(NC(=O)N(C(C)C)C(C)C)c1. The van der Waals surface area contributed by atoms with Crippen molar-refractivity contribution >= 4 is 11.7 Å². The fourth-order valence-electron chi connectivity index (χ4n) is 1.95. The molecule has 0 saturated carbocycles. The molecule has 1 aromatic carbocycles. The van der Waals surface area contributed by atoms with Crippen molar-refractivity contribution in [1.82, 2.24) is 4.90 Å². The number of hydrogen-bond acceptors (Lipinski definition) is 2. The third kappa shape index (κ3) is 3.65. The zero-order chi connectivity index (χ0) is 13.7. The second kappa shape index (κ2) is 6.28. The van der Waals surface area contributed by atoms with Gasteiger partial charge in [-0.05, 0) is 39.8 Å². The first-order chi connectivity index (χ1) is 8.45. The highest BCUT2D eigenvalue weighted by Crippen LogP contribution is 2.18. The standard InChI is InChI=1S/C14H22N2O2/c1-10(2)16(11(3)4)14(17)15-12-7-6-8-13(9-12)18-5/h6-11H,1-5H3,(H,15,17). The van der Waals surface area contributed by atoms with Crippen LogP contribution in [0.5, 0.6) is 5.75 Å². The zero-order valence-corrected chi connectivity index (χ0v) is 11.7. The number of rotatable bonds is 4. The van der Waals surface area contributed by atoms with Crippen molar-refractivity contribution < 1.29 is 9.53 Å². The highest BCUT2D eigenvalue weighted by Gasteiger charge is 2.19. The molecule has 1 N–H and O–H groups in total. The fourth-order valence-corrected chi connectivity index (χ4v) is 1.95. The number of nitrogens with one attached hydrogen (secondary N) is 1. The molecule has 1 aromatic rings. The zero-order valence-electron chi connectivity index (χ0n) is 11.7. The molecule has 0 spiro atoms. The van der Waals surface area contributed by atoms with Gasteiger partial charge in [0.15, 0.2) is 0 Å². The van der Waals surface area contributed by atoms with Crippen molar-refractivity contribution in [2.24, 2.45) is 0 Å². The Balaban J connectivity index is 2.79. The molecule has 1 rings (SSSR count). The van der Waals surface area contributed by atoms with Crippen molar-refractivity contribution in [3.05, 3.63) is 24.3 Å². The molecule has 0 heterocycles. The van der Waals surface area contributed by atoms with E-state index in [-0.39, 0.29) is 18.1 Å². The molecule has 0 saturated heterocycles. The van der Waals surface area contributed by atoms with Crippen LogP contribution in [0, 0.1) is 0 Å². The lowest BCUT2D eigenvalue weighted by Crippen LogP contribution is -2.44. The molecule has 4 nitrogen and oxygen atoms in total. The highest BCUT2D eigenvalue weighted by molar-refractivity contribution is 5.89. The number of carbonyl (C=O) groups is 1. The van der Waals surface area contributed by atoms with Gasteiger partial charge in [0.05, 0.1) is 7.11 Å². The lowest BCUT2D eigenvalue weighted by molar-refractivity contribution is 0.178. The van der Waals surface area contributed by atoms with Crippen LogP contribution < -0.4 is 10.1 Å². The summed E-state index contributed by atoms with van der Waals surface area (Å²) in [5.74, 6) is 0.730. The lowest BCUT2D eigenvalue weighted by atomic mass is 10.2. The minimum absolute atomic E-state index is 0.0896. The van der Waals surface area contributed by atoms with Crippen molar-refractivity contribution in [1.29, 1.82) is 0 Å². The van der Waals surface area contributed by atoms with E-state index in [9.17, 15) is 4.79 Å². The largest absolute Gasteiger partial charge is 0.497 e. The van der Waals surface area contributed by atoms with Gasteiger partial charge in [0.2, 0.25) is 0 Å². The topological polar surface area (TPSA) is 41.6 Å². The summed E-state index contributed by atoms with van der Waals surface area (Å²) >= 11 is 0. The van der Waals surface area contributed by atoms with Gasteiger partial charge in [-0.2, -0.15) is 0 Å². The van der Waals surface area contributed by atoms with E-state index in [0.29, 0.717) is 0 Å². The van der Waals surface area contributed by atoms with Gasteiger partial charge in [-0.3, -0.25) is 0 Å². The maximum atomic E-state index is 12.2. The van der Waals surface area contributed by atoms with Crippen LogP contribution >= 0.6 is 0 Å². The number of hydrogen-bond donors (Lipinski definition) is 1. The first-order valence-electron chi connectivity index (χ1n) is 6.19. The molecule has 0 aliphatic rings. The molecule has 0 bridgehead atoms. The van der Waals surface area contributed by atoms with Crippen LogP contribution in [0.25, 0.3) is 0 Å². The molecule has 0 aliphatic heterocycles. The molecule has 100 valence electrons. The smallest absolute Gasteiger partial charge is 0.322 e. The van der Waals surface area contributed by atoms with E-state index >= 15 is 0 Å². The summed E-state index contributed by atoms with van der Waals surface area (Å²) in [4.78, 5) is 14.0. The summed E-state index contributed by atoms with van der Waals surface area (Å²) in [7, 11) is 1.61. The summed E-state index contributed by atoms with van der Waals surface area (Å²) in [5, 5.41) is 2.89. The average molecular weight is 250 g/mol. The lowest BCUT2D eigenvalue weighted by Gasteiger charge is -2.30. The number of nitrogens with zero attached hydrogens (tertiary/aromatic N) is 1. The van der Waals surface area contributed by atoms with Crippen LogP contribution in [0.15, 0.2) is 24.3 Å². The molecule has 18 heavy (non-hydrogen) atoms. The van der Waals surface area contributed by atoms with E-state index < -0.39 is 0 Å². The number of anilines is 1. The predicted molar refractivity (Wildman–Crippen MR) is 74.1 cm³/mol. The highest BCUT2D eigenvalue weighted by atomic mass is 16.5. The van der Waals surface area contributed by atoms with Crippen LogP contribution in [0.3, 0.4) is 0 Å². The first kappa shape index (κ1) is 14.4. The summed E-state index contributed by atoms with van der Waals surface area (Å²) in [5.41, 5.74) is 0.741. The monoisotopic (exact) mass is 250 g/mol. The molecule has 2 amide bonds. The first-order valence-corrected chi connectivity index (χ1v) is 6.19. The average Bonchev–Trinajstić information content (AvgIpc) is 2.28. The molecule has 0 aliphatic carbocycles. The Hall–Kier alpha value is -1.71. The third-order valence-corrected chi connectivity index (χ3v) is 2.67. The summed E-state index contributed by atoms with van der Waals surface area (Å²) in [6.45, 7) is 8.02. The minimum Gasteiger partial charge on any atom is -0.497 e. The molecular weight excluding hydrogens is 228 g/mol. The van der Waals surface area contributed by atoms with Gasteiger partial charge >= 0.3 is 6.03 Å². The molecule has 4 heteroatoms. The van der Waals surface area contributed by atoms with Gasteiger partial charge in [-0.1, -0.05) is 6.07 Å². The number of methoxy groups -OCH3 is 1. The van der Waals surface area contributed by atoms with Crippen molar-refractivity contribution in [2.75, 3.05) is 12.4 Å². The van der Waals surface area contributed by atoms with E-state index in [1.807, 2.05) is 45.9 Å². The van der Waals surface area contributed by atoms with E-state index in [1.165, 1.54) is 0 Å². The van der Waals surface area contributed by atoms with Crippen molar-refractivity contribution in [3.8, 4) is 5.75 Å². The molecule has 0 unspecified atom stereocenters. The Kier molecular flexibility index (Phi) is 5.01. The van der Waals surface area contributed by atoms with E-state index in [4.69, 9.17) is 4.74 Å². The summed E-state index contributed by atoms with van der Waals surface area (Å²) < 4.78 is 5.13. The van der Waals surface area contributed by atoms with Crippen LogP contribution in [-0.2, 0) is 0 Å². The Morgan fingerprint density at radius 1 is 1.22 bits per heavy atom. The van der Waals surface area contributed by atoms with Crippen LogP contribution in [0.4, 0.5) is 10.5 Å². The molecule has 0 fully saturated rings. The van der Waals surface area contributed by atoms with Gasteiger partial charge in [0.1, 0.15) is 5.75 Å². The van der Waals surface area contributed by atoms with Gasteiger partial charge in [0, 0.05) is 23.8 Å². The van der Waals surface area contributed by atoms with E-state index in [0.717, 1.165) is 11.4 Å². The molecule has 0 atom stereocenters. The molecule has 0 aromatic heterocycles. The van der Waals surface area contributed by atoms with E-state index in [2.05, 4.69) is 5.32 Å². The van der Waals surface area contributed by atoms with Crippen LogP contribution in [0.1, 0.15) is 27.7 Å². The Labute approximate surface area is 109 Å². The summed E-state index contributed by atoms with van der Waals surface area (Å²) in [6.07, 6.45) is 0. The van der Waals surface area contributed by atoms with Crippen molar-refractivity contribution in [2.45, 2.75) is 39.8 Å². The fraction of sp³-hybridized carbons (Fsp3) is 0.500. The van der Waals surface area contributed by atoms with Crippen LogP contribution in [0.2, 0.25) is 0 Å². The second-order valence-electron chi connectivity index (χ2n) is 4.76. The third-order valence-electron chi connectivity index (χ3n) is 2.67.